The van der Waals surface area contributed by atoms with Gasteiger partial charge in [0.25, 0.3) is 0 Å². The van der Waals surface area contributed by atoms with E-state index >= 15 is 0 Å². The number of aliphatic hydroxyl groups excluding tert-OH is 1. The summed E-state index contributed by atoms with van der Waals surface area (Å²) in [6, 6.07) is 0. The Hall–Kier alpha value is -1.14. The summed E-state index contributed by atoms with van der Waals surface area (Å²) in [6.45, 7) is 3.68. The van der Waals surface area contributed by atoms with E-state index in [2.05, 4.69) is 0 Å². The number of ether oxygens (including phenoxy) is 3. The Kier molecular flexibility index (Phi) is 4.05. The molecule has 0 bridgehead atoms. The molecular formula is C9H13O6. The lowest BCUT2D eigenvalue weighted by Crippen LogP contribution is -2.49. The molecule has 0 saturated carbocycles. The van der Waals surface area contributed by atoms with Crippen LogP contribution in [0.4, 0.5) is 0 Å². The van der Waals surface area contributed by atoms with Crippen LogP contribution in [-0.4, -0.2) is 42.0 Å². The van der Waals surface area contributed by atoms with Gasteiger partial charge in [0.1, 0.15) is 12.7 Å². The van der Waals surface area contributed by atoms with Crippen molar-refractivity contribution in [2.75, 3.05) is 6.61 Å². The van der Waals surface area contributed by atoms with E-state index in [1.165, 1.54) is 20.5 Å². The molecule has 1 N–H and O–H groups in total. The number of hydrogen-bond donors (Lipinski definition) is 1. The van der Waals surface area contributed by atoms with Gasteiger partial charge in [-0.15, -0.1) is 0 Å². The lowest BCUT2D eigenvalue weighted by atomic mass is 10.1. The Labute approximate surface area is 87.1 Å². The molecule has 1 rings (SSSR count). The van der Waals surface area contributed by atoms with Crippen molar-refractivity contribution in [3.63, 3.8) is 0 Å². The Bertz CT molecular complexity index is 251. The van der Waals surface area contributed by atoms with Gasteiger partial charge in [0.05, 0.1) is 6.61 Å². The van der Waals surface area contributed by atoms with E-state index in [9.17, 15) is 14.7 Å². The van der Waals surface area contributed by atoms with Gasteiger partial charge in [0.2, 0.25) is 0 Å². The van der Waals surface area contributed by atoms with Crippen LogP contribution in [0.2, 0.25) is 0 Å². The molecule has 85 valence electrons. The molecule has 1 saturated heterocycles. The minimum atomic E-state index is -0.997. The molecule has 1 aliphatic rings. The summed E-state index contributed by atoms with van der Waals surface area (Å²) in [4.78, 5) is 21.5. The predicted molar refractivity (Wildman–Crippen MR) is 47.4 cm³/mol. The van der Waals surface area contributed by atoms with Gasteiger partial charge in [-0.25, -0.2) is 0 Å². The monoisotopic (exact) mass is 217 g/mol. The first kappa shape index (κ1) is 11.9. The fourth-order valence-corrected chi connectivity index (χ4v) is 1.26. The van der Waals surface area contributed by atoms with Gasteiger partial charge in [-0.05, 0) is 0 Å². The molecule has 1 heterocycles. The van der Waals surface area contributed by atoms with Crippen LogP contribution in [0.25, 0.3) is 0 Å². The molecule has 0 aromatic heterocycles. The maximum absolute atomic E-state index is 10.8. The van der Waals surface area contributed by atoms with Gasteiger partial charge >= 0.3 is 11.9 Å². The number of hydrogen-bond acceptors (Lipinski definition) is 6. The third-order valence-corrected chi connectivity index (χ3v) is 1.80. The maximum atomic E-state index is 10.8. The fourth-order valence-electron chi connectivity index (χ4n) is 1.26. The Morgan fingerprint density at radius 3 is 2.47 bits per heavy atom. The average molecular weight is 217 g/mol. The van der Waals surface area contributed by atoms with Gasteiger partial charge in [0, 0.05) is 13.8 Å². The second-order valence-corrected chi connectivity index (χ2v) is 3.18. The van der Waals surface area contributed by atoms with Crippen LogP contribution in [0, 0.1) is 6.61 Å². The summed E-state index contributed by atoms with van der Waals surface area (Å²) in [5, 5.41) is 9.49. The molecule has 0 aromatic carbocycles. The molecule has 6 heteroatoms. The van der Waals surface area contributed by atoms with Crippen molar-refractivity contribution in [2.24, 2.45) is 0 Å². The second kappa shape index (κ2) is 5.09. The topological polar surface area (TPSA) is 82.1 Å². The predicted octanol–water partition coefficient (Wildman–Crippen LogP) is -0.597. The highest BCUT2D eigenvalue weighted by atomic mass is 16.6. The molecule has 3 atom stereocenters. The van der Waals surface area contributed by atoms with E-state index in [-0.39, 0.29) is 6.61 Å². The van der Waals surface area contributed by atoms with Crippen LogP contribution in [0.5, 0.6) is 0 Å². The van der Waals surface area contributed by atoms with Crippen molar-refractivity contribution in [2.45, 2.75) is 32.2 Å². The zero-order chi connectivity index (χ0) is 11.4. The van der Waals surface area contributed by atoms with Crippen molar-refractivity contribution in [1.82, 2.24) is 0 Å². The first-order valence-corrected chi connectivity index (χ1v) is 4.48. The number of carbonyl (C=O) groups excluding carboxylic acids is 2. The Morgan fingerprint density at radius 2 is 1.93 bits per heavy atom. The van der Waals surface area contributed by atoms with E-state index in [1.54, 1.807) is 0 Å². The van der Waals surface area contributed by atoms with Crippen molar-refractivity contribution in [1.29, 1.82) is 0 Å². The highest BCUT2D eigenvalue weighted by Gasteiger charge is 2.38. The van der Waals surface area contributed by atoms with Gasteiger partial charge in [-0.1, -0.05) is 0 Å². The standard InChI is InChI=1S/C9H13O6/c1-5(10)14-8-4-13-3-7(12)9(8)15-6(2)11/h4,7-9,12H,3H2,1-2H3/t7-,8+,9+/m1/s1. The van der Waals surface area contributed by atoms with Crippen LogP contribution < -0.4 is 0 Å². The van der Waals surface area contributed by atoms with Gasteiger partial charge in [-0.2, -0.15) is 0 Å². The molecule has 0 aromatic rings. The summed E-state index contributed by atoms with van der Waals surface area (Å²) in [5.74, 6) is -1.09. The van der Waals surface area contributed by atoms with Crippen LogP contribution in [-0.2, 0) is 23.8 Å². The number of rotatable bonds is 2. The van der Waals surface area contributed by atoms with Gasteiger partial charge in [0.15, 0.2) is 12.2 Å². The highest BCUT2D eigenvalue weighted by Crippen LogP contribution is 2.19. The second-order valence-electron chi connectivity index (χ2n) is 3.18. The van der Waals surface area contributed by atoms with E-state index in [0.29, 0.717) is 0 Å². The smallest absolute Gasteiger partial charge is 0.303 e. The van der Waals surface area contributed by atoms with Crippen molar-refractivity contribution < 1.29 is 28.9 Å². The van der Waals surface area contributed by atoms with Crippen LogP contribution in [0.15, 0.2) is 0 Å². The quantitative estimate of drug-likeness (QED) is 0.622. The SMILES string of the molecule is CC(=O)O[C@H]1[C@H](O)CO[CH][C@@H]1OC(C)=O. The zero-order valence-electron chi connectivity index (χ0n) is 8.50. The molecule has 0 amide bonds. The van der Waals surface area contributed by atoms with E-state index in [1.807, 2.05) is 0 Å². The summed E-state index contributed by atoms with van der Waals surface area (Å²) in [5.41, 5.74) is 0. The highest BCUT2D eigenvalue weighted by molar-refractivity contribution is 5.67. The van der Waals surface area contributed by atoms with Gasteiger partial charge < -0.3 is 19.3 Å². The van der Waals surface area contributed by atoms with E-state index in [0.717, 1.165) is 0 Å². The molecule has 15 heavy (non-hydrogen) atoms. The molecule has 0 spiro atoms. The summed E-state index contributed by atoms with van der Waals surface area (Å²) < 4.78 is 14.5. The molecule has 1 fully saturated rings. The lowest BCUT2D eigenvalue weighted by molar-refractivity contribution is -0.189. The third kappa shape index (κ3) is 3.49. The molecule has 1 radical (unpaired) electrons. The number of carbonyl (C=O) groups is 2. The molecular weight excluding hydrogens is 204 g/mol. The van der Waals surface area contributed by atoms with Crippen molar-refractivity contribution >= 4 is 11.9 Å². The molecule has 0 unspecified atom stereocenters. The van der Waals surface area contributed by atoms with Gasteiger partial charge in [-0.3, -0.25) is 9.59 Å². The van der Waals surface area contributed by atoms with Crippen molar-refractivity contribution in [3.05, 3.63) is 6.61 Å². The lowest BCUT2D eigenvalue weighted by Gasteiger charge is -2.33. The fraction of sp³-hybridized carbons (Fsp3) is 0.667. The Morgan fingerprint density at radius 1 is 1.33 bits per heavy atom. The molecule has 0 aliphatic carbocycles. The minimum Gasteiger partial charge on any atom is -0.456 e. The first-order chi connectivity index (χ1) is 7.00. The van der Waals surface area contributed by atoms with E-state index in [4.69, 9.17) is 14.2 Å². The summed E-state index contributed by atoms with van der Waals surface area (Å²) in [6.07, 6.45) is -2.77. The minimum absolute atomic E-state index is 0.00963. The zero-order valence-corrected chi connectivity index (χ0v) is 8.50. The third-order valence-electron chi connectivity index (χ3n) is 1.80. The van der Waals surface area contributed by atoms with Crippen LogP contribution in [0.3, 0.4) is 0 Å². The van der Waals surface area contributed by atoms with E-state index < -0.39 is 30.3 Å². The Balaban J connectivity index is 2.63. The molecule has 6 nitrogen and oxygen atoms in total. The largest absolute Gasteiger partial charge is 0.456 e. The number of esters is 2. The van der Waals surface area contributed by atoms with Crippen molar-refractivity contribution in [3.8, 4) is 0 Å². The summed E-state index contributed by atoms with van der Waals surface area (Å²) in [7, 11) is 0. The first-order valence-electron chi connectivity index (χ1n) is 4.48. The average Bonchev–Trinajstić information content (AvgIpc) is 2.09. The maximum Gasteiger partial charge on any atom is 0.303 e. The van der Waals surface area contributed by atoms with Crippen LogP contribution >= 0.6 is 0 Å². The number of aliphatic hydroxyl groups is 1. The normalized spacial score (nSPS) is 30.7. The molecule has 1 aliphatic heterocycles. The van der Waals surface area contributed by atoms with Crippen LogP contribution in [0.1, 0.15) is 13.8 Å². The summed E-state index contributed by atoms with van der Waals surface area (Å²) >= 11 is 0.